The van der Waals surface area contributed by atoms with Gasteiger partial charge in [-0.15, -0.1) is 0 Å². The Morgan fingerprint density at radius 3 is 2.39 bits per heavy atom. The summed E-state index contributed by atoms with van der Waals surface area (Å²) in [4.78, 5) is 16.4. The highest BCUT2D eigenvalue weighted by Gasteiger charge is 2.24. The summed E-state index contributed by atoms with van der Waals surface area (Å²) in [6.07, 6.45) is 5.43. The number of benzene rings is 1. The van der Waals surface area contributed by atoms with Crippen molar-refractivity contribution in [2.24, 2.45) is 5.92 Å². The molecule has 0 atom stereocenters. The van der Waals surface area contributed by atoms with Crippen molar-refractivity contribution in [2.45, 2.75) is 19.3 Å². The van der Waals surface area contributed by atoms with Crippen LogP contribution >= 0.6 is 0 Å². The molecule has 0 radical (unpaired) electrons. The first-order valence-corrected chi connectivity index (χ1v) is 11.1. The maximum Gasteiger partial charge on any atom is 0.255 e. The van der Waals surface area contributed by atoms with Crippen molar-refractivity contribution in [1.82, 2.24) is 9.29 Å². The Morgan fingerprint density at radius 1 is 1.18 bits per heavy atom. The van der Waals surface area contributed by atoms with E-state index in [0.29, 0.717) is 36.1 Å². The topological polar surface area (TPSA) is 88.6 Å². The smallest absolute Gasteiger partial charge is 0.255 e. The van der Waals surface area contributed by atoms with E-state index in [1.54, 1.807) is 22.6 Å². The summed E-state index contributed by atoms with van der Waals surface area (Å²) in [5, 5.41) is 2.81. The Labute approximate surface area is 165 Å². The first-order valence-electron chi connectivity index (χ1n) is 9.20. The number of anilines is 1. The SMILES string of the molecule is COc1ccc(NC(=O)c2ccc(CC3CCN(S(C)(=O)=O)CC3)cc2)cn1. The normalized spacial score (nSPS) is 15.9. The third-order valence-corrected chi connectivity index (χ3v) is 6.29. The molecule has 0 bridgehead atoms. The Bertz CT molecular complexity index is 903. The van der Waals surface area contributed by atoms with Crippen LogP contribution in [-0.4, -0.2) is 50.1 Å². The third-order valence-electron chi connectivity index (χ3n) is 4.99. The Morgan fingerprint density at radius 2 is 1.86 bits per heavy atom. The van der Waals surface area contributed by atoms with Gasteiger partial charge in [0.05, 0.1) is 25.2 Å². The molecule has 28 heavy (non-hydrogen) atoms. The van der Waals surface area contributed by atoms with Gasteiger partial charge < -0.3 is 10.1 Å². The van der Waals surface area contributed by atoms with Gasteiger partial charge in [-0.2, -0.15) is 0 Å². The standard InChI is InChI=1S/C20H25N3O4S/c1-27-19-8-7-18(14-21-19)22-20(24)17-5-3-15(4-6-17)13-16-9-11-23(12-10-16)28(2,25)26/h3-8,14,16H,9-13H2,1-2H3,(H,22,24). The second-order valence-electron chi connectivity index (χ2n) is 7.05. The van der Waals surface area contributed by atoms with E-state index in [9.17, 15) is 13.2 Å². The van der Waals surface area contributed by atoms with Crippen LogP contribution in [-0.2, 0) is 16.4 Å². The van der Waals surface area contributed by atoms with Crippen LogP contribution in [0.4, 0.5) is 5.69 Å². The summed E-state index contributed by atoms with van der Waals surface area (Å²) in [5.41, 5.74) is 2.33. The monoisotopic (exact) mass is 403 g/mol. The number of carbonyl (C=O) groups is 1. The van der Waals surface area contributed by atoms with Crippen LogP contribution in [0.3, 0.4) is 0 Å². The van der Waals surface area contributed by atoms with E-state index in [-0.39, 0.29) is 5.91 Å². The maximum absolute atomic E-state index is 12.4. The predicted molar refractivity (Wildman–Crippen MR) is 108 cm³/mol. The Hall–Kier alpha value is -2.45. The van der Waals surface area contributed by atoms with Crippen molar-refractivity contribution in [2.75, 3.05) is 31.8 Å². The lowest BCUT2D eigenvalue weighted by atomic mass is 9.91. The molecular weight excluding hydrogens is 378 g/mol. The highest BCUT2D eigenvalue weighted by atomic mass is 32.2. The number of methoxy groups -OCH3 is 1. The van der Waals surface area contributed by atoms with Crippen LogP contribution in [0.5, 0.6) is 5.88 Å². The van der Waals surface area contributed by atoms with Crippen molar-refractivity contribution >= 4 is 21.6 Å². The molecule has 150 valence electrons. The average Bonchev–Trinajstić information content (AvgIpc) is 2.69. The van der Waals surface area contributed by atoms with Gasteiger partial charge in [-0.25, -0.2) is 17.7 Å². The summed E-state index contributed by atoms with van der Waals surface area (Å²) in [5.74, 6) is 0.757. The molecule has 1 aromatic heterocycles. The van der Waals surface area contributed by atoms with Gasteiger partial charge in [-0.3, -0.25) is 4.79 Å². The molecular formula is C20H25N3O4S. The van der Waals surface area contributed by atoms with Crippen LogP contribution in [0, 0.1) is 5.92 Å². The zero-order valence-corrected chi connectivity index (χ0v) is 16.9. The molecule has 1 amide bonds. The Kier molecular flexibility index (Phi) is 6.31. The molecule has 3 rings (SSSR count). The predicted octanol–water partition coefficient (Wildman–Crippen LogP) is 2.56. The van der Waals surface area contributed by atoms with Crippen LogP contribution < -0.4 is 10.1 Å². The molecule has 1 saturated heterocycles. The summed E-state index contributed by atoms with van der Waals surface area (Å²) >= 11 is 0. The molecule has 0 spiro atoms. The molecule has 1 aliphatic heterocycles. The van der Waals surface area contributed by atoms with E-state index >= 15 is 0 Å². The van der Waals surface area contributed by atoms with Crippen LogP contribution in [0.15, 0.2) is 42.6 Å². The van der Waals surface area contributed by atoms with E-state index in [1.807, 2.05) is 24.3 Å². The molecule has 0 unspecified atom stereocenters. The number of hydrogen-bond donors (Lipinski definition) is 1. The fourth-order valence-corrected chi connectivity index (χ4v) is 4.22. The minimum Gasteiger partial charge on any atom is -0.481 e. The van der Waals surface area contributed by atoms with E-state index in [2.05, 4.69) is 10.3 Å². The van der Waals surface area contributed by atoms with Crippen LogP contribution in [0.2, 0.25) is 0 Å². The molecule has 8 heteroatoms. The lowest BCUT2D eigenvalue weighted by Crippen LogP contribution is -2.38. The van der Waals surface area contributed by atoms with Crippen LogP contribution in [0.1, 0.15) is 28.8 Å². The van der Waals surface area contributed by atoms with Gasteiger partial charge in [0.2, 0.25) is 15.9 Å². The lowest BCUT2D eigenvalue weighted by molar-refractivity contribution is 0.102. The van der Waals surface area contributed by atoms with Gasteiger partial charge in [0.1, 0.15) is 0 Å². The van der Waals surface area contributed by atoms with Crippen molar-refractivity contribution in [1.29, 1.82) is 0 Å². The number of nitrogens with zero attached hydrogens (tertiary/aromatic N) is 2. The molecule has 1 fully saturated rings. The highest BCUT2D eigenvalue weighted by Crippen LogP contribution is 2.23. The number of pyridine rings is 1. The van der Waals surface area contributed by atoms with Crippen molar-refractivity contribution < 1.29 is 17.9 Å². The van der Waals surface area contributed by atoms with Crippen molar-refractivity contribution in [3.63, 3.8) is 0 Å². The summed E-state index contributed by atoms with van der Waals surface area (Å²) < 4.78 is 29.7. The Balaban J connectivity index is 1.54. The number of carbonyl (C=O) groups excluding carboxylic acids is 1. The largest absolute Gasteiger partial charge is 0.481 e. The molecule has 2 heterocycles. The number of rotatable bonds is 6. The van der Waals surface area contributed by atoms with Gasteiger partial charge in [-0.05, 0) is 48.9 Å². The number of nitrogens with one attached hydrogen (secondary N) is 1. The minimum absolute atomic E-state index is 0.194. The first-order chi connectivity index (χ1) is 13.3. The van der Waals surface area contributed by atoms with Crippen molar-refractivity contribution in [3.8, 4) is 5.88 Å². The van der Waals surface area contributed by atoms with E-state index in [0.717, 1.165) is 24.8 Å². The molecule has 7 nitrogen and oxygen atoms in total. The zero-order chi connectivity index (χ0) is 20.1. The fourth-order valence-electron chi connectivity index (χ4n) is 3.35. The number of sulfonamides is 1. The zero-order valence-electron chi connectivity index (χ0n) is 16.1. The number of piperidine rings is 1. The quantitative estimate of drug-likeness (QED) is 0.801. The molecule has 1 aromatic carbocycles. The van der Waals surface area contributed by atoms with Gasteiger partial charge >= 0.3 is 0 Å². The lowest BCUT2D eigenvalue weighted by Gasteiger charge is -2.30. The van der Waals surface area contributed by atoms with Gasteiger partial charge in [0, 0.05) is 24.7 Å². The second-order valence-corrected chi connectivity index (χ2v) is 9.03. The molecule has 0 aliphatic carbocycles. The van der Waals surface area contributed by atoms with Crippen LogP contribution in [0.25, 0.3) is 0 Å². The van der Waals surface area contributed by atoms with E-state index < -0.39 is 10.0 Å². The minimum atomic E-state index is -3.09. The van der Waals surface area contributed by atoms with Gasteiger partial charge in [-0.1, -0.05) is 12.1 Å². The summed E-state index contributed by atoms with van der Waals surface area (Å²) in [7, 11) is -1.55. The average molecular weight is 404 g/mol. The number of hydrogen-bond acceptors (Lipinski definition) is 5. The third kappa shape index (κ3) is 5.30. The summed E-state index contributed by atoms with van der Waals surface area (Å²) in [6, 6.07) is 11.0. The number of aromatic nitrogens is 1. The van der Waals surface area contributed by atoms with Crippen molar-refractivity contribution in [3.05, 3.63) is 53.7 Å². The molecule has 2 aromatic rings. The fraction of sp³-hybridized carbons (Fsp3) is 0.400. The van der Waals surface area contributed by atoms with Gasteiger partial charge in [0.25, 0.3) is 5.91 Å². The highest BCUT2D eigenvalue weighted by molar-refractivity contribution is 7.88. The van der Waals surface area contributed by atoms with E-state index in [4.69, 9.17) is 4.74 Å². The van der Waals surface area contributed by atoms with Gasteiger partial charge in [0.15, 0.2) is 0 Å². The summed E-state index contributed by atoms with van der Waals surface area (Å²) in [6.45, 7) is 1.17. The molecule has 1 N–H and O–H groups in total. The second kappa shape index (κ2) is 8.70. The molecule has 0 saturated carbocycles. The molecule has 1 aliphatic rings. The number of amides is 1. The van der Waals surface area contributed by atoms with E-state index in [1.165, 1.54) is 13.4 Å². The first kappa shape index (κ1) is 20.3. The number of ether oxygens (including phenoxy) is 1. The maximum atomic E-state index is 12.4.